The van der Waals surface area contributed by atoms with E-state index in [0.717, 1.165) is 23.2 Å². The summed E-state index contributed by atoms with van der Waals surface area (Å²) in [5, 5.41) is 0.542. The Morgan fingerprint density at radius 2 is 1.63 bits per heavy atom. The highest BCUT2D eigenvalue weighted by molar-refractivity contribution is 7.91. The van der Waals surface area contributed by atoms with Crippen LogP contribution in [0.5, 0.6) is 0 Å². The first-order valence-electron chi connectivity index (χ1n) is 11.9. The van der Waals surface area contributed by atoms with Gasteiger partial charge in [0.05, 0.1) is 27.4 Å². The van der Waals surface area contributed by atoms with Crippen molar-refractivity contribution in [2.45, 2.75) is 20.3 Å². The molecule has 9 heteroatoms. The maximum atomic E-state index is 12.9. The van der Waals surface area contributed by atoms with Gasteiger partial charge in [-0.1, -0.05) is 65.7 Å². The van der Waals surface area contributed by atoms with Crippen LogP contribution in [-0.2, 0) is 16.6 Å². The van der Waals surface area contributed by atoms with Gasteiger partial charge in [-0.3, -0.25) is 14.1 Å². The molecule has 0 aliphatic rings. The first-order valence-corrected chi connectivity index (χ1v) is 13.8. The standard InChI is InChI=1S/C29H25ClN4O3S/c1-19-8-12-24(13-9-19)32-38(36,37)33-29(35)23-11-14-26-28(18-23)34(20(2)31-26)27-15-10-22(17-25(27)30)16-21-6-4-3-5-7-21/h3-15,17-18,32H,16H2,1-2H3,(H,33,35). The number of amides is 1. The molecule has 1 aromatic heterocycles. The average molecular weight is 545 g/mol. The molecular formula is C29H25ClN4O3S. The van der Waals surface area contributed by atoms with Gasteiger partial charge >= 0.3 is 10.2 Å². The van der Waals surface area contributed by atoms with Gasteiger partial charge in [0.15, 0.2) is 0 Å². The Labute approximate surface area is 226 Å². The summed E-state index contributed by atoms with van der Waals surface area (Å²) in [7, 11) is -4.14. The highest BCUT2D eigenvalue weighted by Crippen LogP contribution is 2.29. The zero-order chi connectivity index (χ0) is 26.9. The first kappa shape index (κ1) is 25.5. The topological polar surface area (TPSA) is 93.1 Å². The summed E-state index contributed by atoms with van der Waals surface area (Å²) in [5.74, 6) is -0.0786. The van der Waals surface area contributed by atoms with Crippen molar-refractivity contribution in [3.8, 4) is 5.69 Å². The summed E-state index contributed by atoms with van der Waals surface area (Å²) in [4.78, 5) is 17.5. The molecule has 0 spiro atoms. The molecule has 1 heterocycles. The number of halogens is 1. The van der Waals surface area contributed by atoms with Gasteiger partial charge in [-0.25, -0.2) is 9.71 Å². The van der Waals surface area contributed by atoms with Crippen LogP contribution in [0.25, 0.3) is 16.7 Å². The molecule has 5 aromatic rings. The van der Waals surface area contributed by atoms with Crippen molar-refractivity contribution in [1.82, 2.24) is 14.3 Å². The van der Waals surface area contributed by atoms with Gasteiger partial charge in [0.25, 0.3) is 5.91 Å². The number of aromatic nitrogens is 2. The molecule has 192 valence electrons. The Hall–Kier alpha value is -4.14. The van der Waals surface area contributed by atoms with Gasteiger partial charge < -0.3 is 0 Å². The first-order chi connectivity index (χ1) is 18.2. The fraction of sp³-hybridized carbons (Fsp3) is 0.103. The number of hydrogen-bond donors (Lipinski definition) is 2. The minimum Gasteiger partial charge on any atom is -0.295 e. The number of nitrogens with one attached hydrogen (secondary N) is 2. The van der Waals surface area contributed by atoms with Crippen molar-refractivity contribution in [2.75, 3.05) is 4.72 Å². The molecule has 0 fully saturated rings. The summed E-state index contributed by atoms with van der Waals surface area (Å²) < 4.78 is 31.4. The minimum absolute atomic E-state index is 0.171. The van der Waals surface area contributed by atoms with Crippen LogP contribution in [0.1, 0.15) is 32.9 Å². The van der Waals surface area contributed by atoms with Crippen molar-refractivity contribution < 1.29 is 13.2 Å². The summed E-state index contributed by atoms with van der Waals surface area (Å²) in [5.41, 5.74) is 5.77. The summed E-state index contributed by atoms with van der Waals surface area (Å²) >= 11 is 6.72. The molecule has 0 radical (unpaired) electrons. The van der Waals surface area contributed by atoms with Crippen molar-refractivity contribution in [1.29, 1.82) is 0 Å². The van der Waals surface area contributed by atoms with E-state index in [1.165, 1.54) is 5.56 Å². The lowest BCUT2D eigenvalue weighted by molar-refractivity contribution is 0.0981. The SMILES string of the molecule is Cc1ccc(NS(=O)(=O)NC(=O)c2ccc3nc(C)n(-c4ccc(Cc5ccccc5)cc4Cl)c3c2)cc1. The van der Waals surface area contributed by atoms with Crippen LogP contribution < -0.4 is 9.44 Å². The van der Waals surface area contributed by atoms with E-state index in [1.807, 2.05) is 54.8 Å². The van der Waals surface area contributed by atoms with Crippen LogP contribution >= 0.6 is 11.6 Å². The molecule has 4 aromatic carbocycles. The molecule has 0 atom stereocenters. The number of imidazole rings is 1. The second-order valence-corrected chi connectivity index (χ2v) is 10.9. The monoisotopic (exact) mass is 544 g/mol. The number of rotatable bonds is 7. The van der Waals surface area contributed by atoms with E-state index in [9.17, 15) is 13.2 Å². The van der Waals surface area contributed by atoms with Gasteiger partial charge in [0.1, 0.15) is 5.82 Å². The lowest BCUT2D eigenvalue weighted by Gasteiger charge is -2.12. The third kappa shape index (κ3) is 5.56. The predicted molar refractivity (Wildman–Crippen MR) is 151 cm³/mol. The van der Waals surface area contributed by atoms with Gasteiger partial charge in [0, 0.05) is 5.56 Å². The highest BCUT2D eigenvalue weighted by atomic mass is 35.5. The van der Waals surface area contributed by atoms with E-state index < -0.39 is 16.1 Å². The predicted octanol–water partition coefficient (Wildman–Crippen LogP) is 5.97. The Morgan fingerprint density at radius 3 is 2.34 bits per heavy atom. The maximum Gasteiger partial charge on any atom is 0.323 e. The van der Waals surface area contributed by atoms with Crippen molar-refractivity contribution in [2.24, 2.45) is 0 Å². The van der Waals surface area contributed by atoms with Crippen molar-refractivity contribution in [3.63, 3.8) is 0 Å². The number of fused-ring (bicyclic) bond motifs is 1. The zero-order valence-electron chi connectivity index (χ0n) is 20.8. The van der Waals surface area contributed by atoms with Crippen LogP contribution in [0.2, 0.25) is 5.02 Å². The van der Waals surface area contributed by atoms with E-state index >= 15 is 0 Å². The summed E-state index contributed by atoms with van der Waals surface area (Å²) in [6.45, 7) is 3.75. The number of aryl methyl sites for hydroxylation is 2. The zero-order valence-corrected chi connectivity index (χ0v) is 22.3. The smallest absolute Gasteiger partial charge is 0.295 e. The van der Waals surface area contributed by atoms with Gasteiger partial charge in [-0.15, -0.1) is 0 Å². The number of nitrogens with zero attached hydrogens (tertiary/aromatic N) is 2. The number of carbonyl (C=O) groups is 1. The van der Waals surface area contributed by atoms with Crippen LogP contribution in [0.3, 0.4) is 0 Å². The number of carbonyl (C=O) groups excluding carboxylic acids is 1. The molecule has 0 saturated heterocycles. The van der Waals surface area contributed by atoms with Gasteiger partial charge in [0.2, 0.25) is 0 Å². The van der Waals surface area contributed by atoms with Gasteiger partial charge in [-0.2, -0.15) is 8.42 Å². The number of benzene rings is 4. The largest absolute Gasteiger partial charge is 0.323 e. The molecule has 0 bridgehead atoms. The van der Waals surface area contributed by atoms with E-state index in [0.29, 0.717) is 27.6 Å². The average Bonchev–Trinajstić information content (AvgIpc) is 3.20. The normalized spacial score (nSPS) is 11.4. The Balaban J connectivity index is 1.42. The van der Waals surface area contributed by atoms with Crippen LogP contribution in [0, 0.1) is 13.8 Å². The Kier molecular flexibility index (Phi) is 6.93. The van der Waals surface area contributed by atoms with Crippen molar-refractivity contribution in [3.05, 3.63) is 124 Å². The van der Waals surface area contributed by atoms with Crippen LogP contribution in [0.15, 0.2) is 91.0 Å². The number of hydrogen-bond acceptors (Lipinski definition) is 4. The molecule has 0 saturated carbocycles. The van der Waals surface area contributed by atoms with Gasteiger partial charge in [-0.05, 0) is 73.9 Å². The van der Waals surface area contributed by atoms with Crippen LogP contribution in [0.4, 0.5) is 5.69 Å². The molecule has 38 heavy (non-hydrogen) atoms. The minimum atomic E-state index is -4.14. The molecule has 0 aliphatic carbocycles. The molecule has 2 N–H and O–H groups in total. The lowest BCUT2D eigenvalue weighted by Crippen LogP contribution is -2.35. The molecule has 0 unspecified atom stereocenters. The fourth-order valence-electron chi connectivity index (χ4n) is 4.30. The van der Waals surface area contributed by atoms with Crippen molar-refractivity contribution >= 4 is 44.4 Å². The molecule has 7 nitrogen and oxygen atoms in total. The second kappa shape index (κ2) is 10.3. The third-order valence-electron chi connectivity index (χ3n) is 6.12. The molecule has 0 aliphatic heterocycles. The summed E-state index contributed by atoms with van der Waals surface area (Å²) in [6.07, 6.45) is 0.750. The molecule has 5 rings (SSSR count). The second-order valence-electron chi connectivity index (χ2n) is 9.05. The molecular weight excluding hydrogens is 520 g/mol. The van der Waals surface area contributed by atoms with E-state index in [2.05, 4.69) is 26.6 Å². The van der Waals surface area contributed by atoms with Crippen LogP contribution in [-0.4, -0.2) is 23.9 Å². The Morgan fingerprint density at radius 1 is 0.895 bits per heavy atom. The van der Waals surface area contributed by atoms with E-state index in [4.69, 9.17) is 11.6 Å². The highest BCUT2D eigenvalue weighted by Gasteiger charge is 2.19. The van der Waals surface area contributed by atoms with E-state index in [-0.39, 0.29) is 5.56 Å². The summed E-state index contributed by atoms with van der Waals surface area (Å²) in [6, 6.07) is 27.6. The van der Waals surface area contributed by atoms with E-state index in [1.54, 1.807) is 42.5 Å². The third-order valence-corrected chi connectivity index (χ3v) is 7.38. The lowest BCUT2D eigenvalue weighted by atomic mass is 10.0. The Bertz CT molecular complexity index is 1750. The maximum absolute atomic E-state index is 12.9. The fourth-order valence-corrected chi connectivity index (χ4v) is 5.44. The molecule has 1 amide bonds. The quantitative estimate of drug-likeness (QED) is 0.264. The number of anilines is 1.